The summed E-state index contributed by atoms with van der Waals surface area (Å²) in [6.45, 7) is 4.84. The molecule has 1 aliphatic rings. The largest absolute Gasteiger partial charge is 0.492 e. The first-order valence-corrected chi connectivity index (χ1v) is 7.18. The molecule has 0 saturated carbocycles. The molecule has 20 heavy (non-hydrogen) atoms. The highest BCUT2D eigenvalue weighted by Gasteiger charge is 2.20. The molecule has 1 aromatic carbocycles. The van der Waals surface area contributed by atoms with Crippen molar-refractivity contribution < 1.29 is 9.53 Å². The van der Waals surface area contributed by atoms with Crippen LogP contribution in [-0.2, 0) is 0 Å². The number of urea groups is 1. The molecule has 5 heteroatoms. The van der Waals surface area contributed by atoms with Gasteiger partial charge in [-0.2, -0.15) is 0 Å². The third-order valence-electron chi connectivity index (χ3n) is 3.54. The van der Waals surface area contributed by atoms with Gasteiger partial charge in [-0.15, -0.1) is 0 Å². The van der Waals surface area contributed by atoms with Crippen LogP contribution in [0.25, 0.3) is 0 Å². The van der Waals surface area contributed by atoms with Crippen molar-refractivity contribution in [1.82, 2.24) is 4.90 Å². The molecular weight excluding hydrogens is 254 g/mol. The number of amides is 2. The van der Waals surface area contributed by atoms with E-state index in [9.17, 15) is 4.79 Å². The lowest BCUT2D eigenvalue weighted by Crippen LogP contribution is -2.40. The molecule has 0 aromatic heterocycles. The second kappa shape index (κ2) is 7.14. The van der Waals surface area contributed by atoms with Crippen LogP contribution in [0.5, 0.6) is 5.75 Å². The van der Waals surface area contributed by atoms with Crippen LogP contribution in [0.1, 0.15) is 19.8 Å². The van der Waals surface area contributed by atoms with Crippen molar-refractivity contribution in [2.45, 2.75) is 19.8 Å². The van der Waals surface area contributed by atoms with Crippen LogP contribution in [0.15, 0.2) is 24.3 Å². The zero-order chi connectivity index (χ0) is 14.4. The highest BCUT2D eigenvalue weighted by atomic mass is 16.5. The Bertz CT molecular complexity index is 442. The predicted octanol–water partition coefficient (Wildman–Crippen LogP) is 2.29. The van der Waals surface area contributed by atoms with E-state index in [1.165, 1.54) is 0 Å². The van der Waals surface area contributed by atoms with Gasteiger partial charge in [0, 0.05) is 31.4 Å². The Balaban J connectivity index is 1.90. The van der Waals surface area contributed by atoms with Crippen molar-refractivity contribution >= 4 is 11.7 Å². The number of rotatable bonds is 4. The molecule has 0 atom stereocenters. The van der Waals surface area contributed by atoms with E-state index in [1.54, 1.807) is 0 Å². The van der Waals surface area contributed by atoms with Crippen molar-refractivity contribution in [3.05, 3.63) is 24.3 Å². The minimum absolute atomic E-state index is 0.0344. The molecule has 1 aliphatic heterocycles. The van der Waals surface area contributed by atoms with Crippen LogP contribution in [-0.4, -0.2) is 37.2 Å². The molecular formula is C15H23N3O2. The van der Waals surface area contributed by atoms with E-state index < -0.39 is 0 Å². The number of benzene rings is 1. The maximum Gasteiger partial charge on any atom is 0.321 e. The van der Waals surface area contributed by atoms with Crippen LogP contribution in [0.2, 0.25) is 0 Å². The van der Waals surface area contributed by atoms with Gasteiger partial charge in [-0.3, -0.25) is 0 Å². The summed E-state index contributed by atoms with van der Waals surface area (Å²) in [4.78, 5) is 14.0. The molecule has 2 rings (SSSR count). The van der Waals surface area contributed by atoms with Crippen LogP contribution < -0.4 is 15.8 Å². The average molecular weight is 277 g/mol. The zero-order valence-electron chi connectivity index (χ0n) is 12.0. The van der Waals surface area contributed by atoms with Crippen LogP contribution in [0.4, 0.5) is 10.5 Å². The van der Waals surface area contributed by atoms with Gasteiger partial charge in [0.2, 0.25) is 0 Å². The van der Waals surface area contributed by atoms with Crippen molar-refractivity contribution in [3.8, 4) is 5.75 Å². The lowest BCUT2D eigenvalue weighted by atomic mass is 10.00. The quantitative estimate of drug-likeness (QED) is 0.887. The van der Waals surface area contributed by atoms with Crippen LogP contribution >= 0.6 is 0 Å². The van der Waals surface area contributed by atoms with Crippen LogP contribution in [0, 0.1) is 5.92 Å². The predicted molar refractivity (Wildman–Crippen MR) is 80.0 cm³/mol. The third-order valence-corrected chi connectivity index (χ3v) is 3.54. The van der Waals surface area contributed by atoms with Gasteiger partial charge in [0.25, 0.3) is 0 Å². The Hall–Kier alpha value is -1.75. The zero-order valence-corrected chi connectivity index (χ0v) is 12.0. The first kappa shape index (κ1) is 14.7. The normalized spacial score (nSPS) is 16.0. The Morgan fingerprint density at radius 2 is 2.20 bits per heavy atom. The summed E-state index contributed by atoms with van der Waals surface area (Å²) in [6.07, 6.45) is 2.15. The van der Waals surface area contributed by atoms with Crippen LogP contribution in [0.3, 0.4) is 0 Å². The highest BCUT2D eigenvalue weighted by Crippen LogP contribution is 2.20. The summed E-state index contributed by atoms with van der Waals surface area (Å²) in [5.41, 5.74) is 6.16. The lowest BCUT2D eigenvalue weighted by molar-refractivity contribution is 0.186. The number of carbonyl (C=O) groups excluding carboxylic acids is 1. The Kier molecular flexibility index (Phi) is 5.24. The molecule has 1 saturated heterocycles. The first-order valence-electron chi connectivity index (χ1n) is 7.18. The van der Waals surface area contributed by atoms with Gasteiger partial charge in [-0.25, -0.2) is 4.79 Å². The monoisotopic (exact) mass is 277 g/mol. The number of anilines is 1. The molecule has 0 bridgehead atoms. The van der Waals surface area contributed by atoms with Gasteiger partial charge >= 0.3 is 6.03 Å². The van der Waals surface area contributed by atoms with Gasteiger partial charge in [-0.1, -0.05) is 13.0 Å². The van der Waals surface area contributed by atoms with E-state index in [2.05, 4.69) is 12.2 Å². The Morgan fingerprint density at radius 3 is 2.90 bits per heavy atom. The number of nitrogens with one attached hydrogen (secondary N) is 1. The maximum absolute atomic E-state index is 12.2. The number of carbonyl (C=O) groups is 1. The average Bonchev–Trinajstić information content (AvgIpc) is 2.46. The molecule has 0 spiro atoms. The fraction of sp³-hybridized carbons (Fsp3) is 0.533. The topological polar surface area (TPSA) is 67.6 Å². The fourth-order valence-electron chi connectivity index (χ4n) is 2.25. The molecule has 1 aromatic rings. The van der Waals surface area contributed by atoms with Crippen molar-refractivity contribution in [2.24, 2.45) is 11.7 Å². The second-order valence-electron chi connectivity index (χ2n) is 5.26. The fourth-order valence-corrected chi connectivity index (χ4v) is 2.25. The number of hydrogen-bond donors (Lipinski definition) is 2. The number of piperidine rings is 1. The summed E-state index contributed by atoms with van der Waals surface area (Å²) in [6, 6.07) is 7.36. The summed E-state index contributed by atoms with van der Waals surface area (Å²) in [7, 11) is 0. The van der Waals surface area contributed by atoms with Crippen molar-refractivity contribution in [2.75, 3.05) is 31.6 Å². The third kappa shape index (κ3) is 4.13. The SMILES string of the molecule is CC1CCN(C(=O)Nc2cccc(OCCN)c2)CC1. The van der Waals surface area contributed by atoms with E-state index in [-0.39, 0.29) is 6.03 Å². The molecule has 0 radical (unpaired) electrons. The number of ether oxygens (including phenoxy) is 1. The van der Waals surface area contributed by atoms with E-state index >= 15 is 0 Å². The van der Waals surface area contributed by atoms with Gasteiger partial charge < -0.3 is 20.7 Å². The van der Waals surface area contributed by atoms with Gasteiger partial charge in [-0.05, 0) is 30.9 Å². The molecule has 110 valence electrons. The Labute approximate surface area is 120 Å². The number of hydrogen-bond acceptors (Lipinski definition) is 3. The Morgan fingerprint density at radius 1 is 1.45 bits per heavy atom. The van der Waals surface area contributed by atoms with Crippen molar-refractivity contribution in [3.63, 3.8) is 0 Å². The van der Waals surface area contributed by atoms with Gasteiger partial charge in [0.1, 0.15) is 12.4 Å². The summed E-state index contributed by atoms with van der Waals surface area (Å²) in [5, 5.41) is 2.92. The second-order valence-corrected chi connectivity index (χ2v) is 5.26. The molecule has 3 N–H and O–H groups in total. The van der Waals surface area contributed by atoms with E-state index in [0.717, 1.165) is 37.4 Å². The van der Waals surface area contributed by atoms with E-state index in [4.69, 9.17) is 10.5 Å². The summed E-state index contributed by atoms with van der Waals surface area (Å²) >= 11 is 0. The van der Waals surface area contributed by atoms with E-state index in [0.29, 0.717) is 19.1 Å². The highest BCUT2D eigenvalue weighted by molar-refractivity contribution is 5.89. The molecule has 1 fully saturated rings. The number of nitrogens with zero attached hydrogens (tertiary/aromatic N) is 1. The van der Waals surface area contributed by atoms with Gasteiger partial charge in [0.05, 0.1) is 0 Å². The molecule has 1 heterocycles. The number of likely N-dealkylation sites (tertiary alicyclic amines) is 1. The van der Waals surface area contributed by atoms with Gasteiger partial charge in [0.15, 0.2) is 0 Å². The summed E-state index contributed by atoms with van der Waals surface area (Å²) in [5.74, 6) is 1.44. The maximum atomic E-state index is 12.2. The minimum Gasteiger partial charge on any atom is -0.492 e. The number of nitrogens with two attached hydrogens (primary N) is 1. The smallest absolute Gasteiger partial charge is 0.321 e. The van der Waals surface area contributed by atoms with Crippen molar-refractivity contribution in [1.29, 1.82) is 0 Å². The summed E-state index contributed by atoms with van der Waals surface area (Å²) < 4.78 is 5.45. The lowest BCUT2D eigenvalue weighted by Gasteiger charge is -2.30. The first-order chi connectivity index (χ1) is 9.69. The molecule has 0 unspecified atom stereocenters. The standard InChI is InChI=1S/C15H23N3O2/c1-12-5-8-18(9-6-12)15(19)17-13-3-2-4-14(11-13)20-10-7-16/h2-4,11-12H,5-10,16H2,1H3,(H,17,19). The molecule has 2 amide bonds. The molecule has 5 nitrogen and oxygen atoms in total. The van der Waals surface area contributed by atoms with E-state index in [1.807, 2.05) is 29.2 Å². The minimum atomic E-state index is -0.0344. The molecule has 0 aliphatic carbocycles.